The molecule has 2 N–H and O–H groups in total. The highest BCUT2D eigenvalue weighted by atomic mass is 19.1. The Morgan fingerprint density at radius 1 is 1.28 bits per heavy atom. The number of aryl methyl sites for hydroxylation is 1. The largest absolute Gasteiger partial charge is 0.464 e. The molecule has 0 unspecified atom stereocenters. The summed E-state index contributed by atoms with van der Waals surface area (Å²) >= 11 is 0. The Kier molecular flexibility index (Phi) is 3.67. The first-order valence-corrected chi connectivity index (χ1v) is 5.85. The van der Waals surface area contributed by atoms with Crippen LogP contribution in [-0.4, -0.2) is 7.05 Å². The minimum atomic E-state index is -0.266. The van der Waals surface area contributed by atoms with Gasteiger partial charge in [-0.1, -0.05) is 6.07 Å². The van der Waals surface area contributed by atoms with E-state index in [4.69, 9.17) is 10.2 Å². The summed E-state index contributed by atoms with van der Waals surface area (Å²) in [5, 5.41) is 0. The summed E-state index contributed by atoms with van der Waals surface area (Å²) < 4.78 is 19.1. The minimum absolute atomic E-state index is 0.215. The van der Waals surface area contributed by atoms with Crippen LogP contribution in [-0.2, 0) is 13.1 Å². The Hall–Kier alpha value is -1.81. The topological polar surface area (TPSA) is 42.4 Å². The van der Waals surface area contributed by atoms with E-state index in [9.17, 15) is 4.39 Å². The number of anilines is 1. The second-order valence-corrected chi connectivity index (χ2v) is 4.35. The SMILES string of the molecule is Cc1ccc(CN(C)c2ccc(CN)c(F)c2)o1. The molecule has 2 aromatic rings. The quantitative estimate of drug-likeness (QED) is 0.904. The van der Waals surface area contributed by atoms with E-state index in [2.05, 4.69) is 0 Å². The number of nitrogens with two attached hydrogens (primary N) is 1. The Balaban J connectivity index is 2.13. The van der Waals surface area contributed by atoms with Gasteiger partial charge in [0.15, 0.2) is 0 Å². The smallest absolute Gasteiger partial charge is 0.129 e. The molecule has 0 aliphatic carbocycles. The molecule has 0 amide bonds. The van der Waals surface area contributed by atoms with Crippen molar-refractivity contribution in [3.63, 3.8) is 0 Å². The second kappa shape index (κ2) is 5.23. The van der Waals surface area contributed by atoms with Crippen LogP contribution in [0.25, 0.3) is 0 Å². The van der Waals surface area contributed by atoms with Gasteiger partial charge in [0.05, 0.1) is 6.54 Å². The minimum Gasteiger partial charge on any atom is -0.464 e. The molecule has 0 saturated carbocycles. The summed E-state index contributed by atoms with van der Waals surface area (Å²) in [6.07, 6.45) is 0. The van der Waals surface area contributed by atoms with E-state index in [0.29, 0.717) is 12.1 Å². The van der Waals surface area contributed by atoms with Crippen LogP contribution in [0, 0.1) is 12.7 Å². The van der Waals surface area contributed by atoms with Gasteiger partial charge in [0, 0.05) is 24.8 Å². The van der Waals surface area contributed by atoms with Crippen LogP contribution in [0.3, 0.4) is 0 Å². The number of hydrogen-bond acceptors (Lipinski definition) is 3. The molecule has 18 heavy (non-hydrogen) atoms. The van der Waals surface area contributed by atoms with Gasteiger partial charge >= 0.3 is 0 Å². The van der Waals surface area contributed by atoms with Crippen LogP contribution >= 0.6 is 0 Å². The molecule has 0 aliphatic heterocycles. The first-order chi connectivity index (χ1) is 8.60. The zero-order chi connectivity index (χ0) is 13.1. The van der Waals surface area contributed by atoms with E-state index in [1.807, 2.05) is 37.1 Å². The fourth-order valence-electron chi connectivity index (χ4n) is 1.83. The molecule has 0 saturated heterocycles. The number of hydrogen-bond donors (Lipinski definition) is 1. The van der Waals surface area contributed by atoms with Gasteiger partial charge in [-0.3, -0.25) is 0 Å². The Morgan fingerprint density at radius 3 is 2.61 bits per heavy atom. The molecular weight excluding hydrogens is 231 g/mol. The van der Waals surface area contributed by atoms with Crippen molar-refractivity contribution in [1.29, 1.82) is 0 Å². The average molecular weight is 248 g/mol. The summed E-state index contributed by atoms with van der Waals surface area (Å²) in [7, 11) is 1.90. The molecule has 4 heteroatoms. The molecular formula is C14H17FN2O. The lowest BCUT2D eigenvalue weighted by Crippen LogP contribution is -2.16. The van der Waals surface area contributed by atoms with Crippen molar-refractivity contribution >= 4 is 5.69 Å². The van der Waals surface area contributed by atoms with Crippen molar-refractivity contribution in [3.8, 4) is 0 Å². The zero-order valence-electron chi connectivity index (χ0n) is 10.6. The van der Waals surface area contributed by atoms with Gasteiger partial charge in [0.25, 0.3) is 0 Å². The second-order valence-electron chi connectivity index (χ2n) is 4.35. The predicted molar refractivity (Wildman–Crippen MR) is 69.8 cm³/mol. The van der Waals surface area contributed by atoms with Crippen LogP contribution in [0.1, 0.15) is 17.1 Å². The normalized spacial score (nSPS) is 10.7. The summed E-state index contributed by atoms with van der Waals surface area (Å²) in [6, 6.07) is 8.92. The monoisotopic (exact) mass is 248 g/mol. The van der Waals surface area contributed by atoms with Gasteiger partial charge in [-0.25, -0.2) is 4.39 Å². The van der Waals surface area contributed by atoms with Crippen LogP contribution < -0.4 is 10.6 Å². The van der Waals surface area contributed by atoms with E-state index in [1.54, 1.807) is 6.07 Å². The summed E-state index contributed by atoms with van der Waals surface area (Å²) in [5.41, 5.74) is 6.77. The van der Waals surface area contributed by atoms with Gasteiger partial charge in [0.1, 0.15) is 17.3 Å². The number of nitrogens with zero attached hydrogens (tertiary/aromatic N) is 1. The molecule has 0 atom stereocenters. The van der Waals surface area contributed by atoms with Crippen LogP contribution in [0.5, 0.6) is 0 Å². The average Bonchev–Trinajstić information content (AvgIpc) is 2.74. The third-order valence-electron chi connectivity index (χ3n) is 2.89. The Morgan fingerprint density at radius 2 is 2.06 bits per heavy atom. The van der Waals surface area contributed by atoms with Crippen LogP contribution in [0.4, 0.5) is 10.1 Å². The number of furan rings is 1. The van der Waals surface area contributed by atoms with Crippen molar-refractivity contribution < 1.29 is 8.81 Å². The maximum absolute atomic E-state index is 13.6. The molecule has 1 heterocycles. The molecule has 0 fully saturated rings. The standard InChI is InChI=1S/C14H17FN2O/c1-10-3-6-13(18-10)9-17(2)12-5-4-11(8-16)14(15)7-12/h3-7H,8-9,16H2,1-2H3. The molecule has 0 radical (unpaired) electrons. The fourth-order valence-corrected chi connectivity index (χ4v) is 1.83. The van der Waals surface area contributed by atoms with Gasteiger partial charge in [0.2, 0.25) is 0 Å². The first-order valence-electron chi connectivity index (χ1n) is 5.85. The van der Waals surface area contributed by atoms with Crippen molar-refractivity contribution in [1.82, 2.24) is 0 Å². The van der Waals surface area contributed by atoms with Gasteiger partial charge in [-0.05, 0) is 31.2 Å². The maximum atomic E-state index is 13.6. The first kappa shape index (κ1) is 12.6. The molecule has 2 rings (SSSR count). The lowest BCUT2D eigenvalue weighted by atomic mass is 10.2. The van der Waals surface area contributed by atoms with Crippen LogP contribution in [0.15, 0.2) is 34.7 Å². The summed E-state index contributed by atoms with van der Waals surface area (Å²) in [6.45, 7) is 2.72. The van der Waals surface area contributed by atoms with Gasteiger partial charge in [-0.15, -0.1) is 0 Å². The summed E-state index contributed by atoms with van der Waals surface area (Å²) in [4.78, 5) is 1.93. The Labute approximate surface area is 106 Å². The zero-order valence-corrected chi connectivity index (χ0v) is 10.6. The third kappa shape index (κ3) is 2.71. The molecule has 0 aliphatic rings. The van der Waals surface area contributed by atoms with Crippen molar-refractivity contribution in [2.24, 2.45) is 5.73 Å². The van der Waals surface area contributed by atoms with E-state index in [1.165, 1.54) is 6.07 Å². The maximum Gasteiger partial charge on any atom is 0.129 e. The van der Waals surface area contributed by atoms with Crippen molar-refractivity contribution in [2.75, 3.05) is 11.9 Å². The lowest BCUT2D eigenvalue weighted by Gasteiger charge is -2.18. The number of rotatable bonds is 4. The van der Waals surface area contributed by atoms with E-state index in [-0.39, 0.29) is 12.4 Å². The van der Waals surface area contributed by atoms with Crippen LogP contribution in [0.2, 0.25) is 0 Å². The number of halogens is 1. The van der Waals surface area contributed by atoms with E-state index < -0.39 is 0 Å². The van der Waals surface area contributed by atoms with E-state index >= 15 is 0 Å². The predicted octanol–water partition coefficient (Wildman–Crippen LogP) is 2.82. The summed E-state index contributed by atoms with van der Waals surface area (Å²) in [5.74, 6) is 1.47. The third-order valence-corrected chi connectivity index (χ3v) is 2.89. The lowest BCUT2D eigenvalue weighted by molar-refractivity contribution is 0.481. The molecule has 1 aromatic carbocycles. The Bertz CT molecular complexity index is 536. The molecule has 96 valence electrons. The fraction of sp³-hybridized carbons (Fsp3) is 0.286. The number of benzene rings is 1. The van der Waals surface area contributed by atoms with Gasteiger partial charge < -0.3 is 15.1 Å². The molecule has 1 aromatic heterocycles. The van der Waals surface area contributed by atoms with E-state index in [0.717, 1.165) is 17.2 Å². The van der Waals surface area contributed by atoms with Crippen molar-refractivity contribution in [3.05, 3.63) is 53.2 Å². The van der Waals surface area contributed by atoms with Gasteiger partial charge in [-0.2, -0.15) is 0 Å². The molecule has 3 nitrogen and oxygen atoms in total. The highest BCUT2D eigenvalue weighted by molar-refractivity contribution is 5.47. The highest BCUT2D eigenvalue weighted by Gasteiger charge is 2.08. The molecule has 0 bridgehead atoms. The molecule has 0 spiro atoms. The highest BCUT2D eigenvalue weighted by Crippen LogP contribution is 2.20. The van der Waals surface area contributed by atoms with Crippen molar-refractivity contribution in [2.45, 2.75) is 20.0 Å².